The van der Waals surface area contributed by atoms with Crippen molar-refractivity contribution >= 4 is 23.7 Å². The first-order valence-electron chi connectivity index (χ1n) is 10.7. The van der Waals surface area contributed by atoms with Crippen molar-refractivity contribution in [2.45, 2.75) is 18.9 Å². The molecule has 0 bridgehead atoms. The van der Waals surface area contributed by atoms with Crippen molar-refractivity contribution in [1.29, 1.82) is 0 Å². The zero-order valence-electron chi connectivity index (χ0n) is 18.7. The van der Waals surface area contributed by atoms with Gasteiger partial charge < -0.3 is 19.9 Å². The lowest BCUT2D eigenvalue weighted by Crippen LogP contribution is -2.38. The number of hydrogen-bond acceptors (Lipinski definition) is 5. The highest BCUT2D eigenvalue weighted by molar-refractivity contribution is 6.04. The highest BCUT2D eigenvalue weighted by Gasteiger charge is 2.29. The number of nitrogens with one attached hydrogen (secondary N) is 2. The number of carbonyl (C=O) groups is 3. The van der Waals surface area contributed by atoms with E-state index in [1.807, 2.05) is 36.4 Å². The van der Waals surface area contributed by atoms with Crippen LogP contribution in [0.2, 0.25) is 0 Å². The maximum absolute atomic E-state index is 12.7. The Labute approximate surface area is 196 Å². The summed E-state index contributed by atoms with van der Waals surface area (Å²) in [5.41, 5.74) is 4.64. The number of carbonyl (C=O) groups excluding carboxylic acids is 2. The molecule has 0 heterocycles. The van der Waals surface area contributed by atoms with Gasteiger partial charge in [-0.2, -0.15) is 0 Å². The van der Waals surface area contributed by atoms with Gasteiger partial charge in [0.25, 0.3) is 5.91 Å². The molecule has 3 aromatic carbocycles. The molecule has 1 aliphatic carbocycles. The number of methoxy groups -OCH3 is 1. The number of ether oxygens (including phenoxy) is 2. The third-order valence-electron chi connectivity index (χ3n) is 5.77. The first-order chi connectivity index (χ1) is 16.4. The number of carboxylic acid groups (broad SMARTS) is 1. The summed E-state index contributed by atoms with van der Waals surface area (Å²) in [5.74, 6) is -1.57. The first kappa shape index (κ1) is 22.8. The molecule has 0 aromatic heterocycles. The number of fused-ring (bicyclic) bond motifs is 3. The van der Waals surface area contributed by atoms with Gasteiger partial charge in [0.1, 0.15) is 18.4 Å². The molecule has 3 N–H and O–H groups in total. The standard InChI is InChI=1S/C26H24N2O6/c1-15(25(30)31)27-24(29)21-13-16(33-2)11-12-23(21)28-26(32)34-14-22-19-9-5-3-7-17(19)18-8-4-6-10-20(18)22/h3-13,15,22H,14H2,1-2H3,(H,27,29)(H,28,32)(H,30,31)/t15-/m1/s1. The molecule has 3 aromatic rings. The second kappa shape index (κ2) is 9.66. The van der Waals surface area contributed by atoms with Gasteiger partial charge in [-0.1, -0.05) is 48.5 Å². The van der Waals surface area contributed by atoms with Crippen molar-refractivity contribution in [2.24, 2.45) is 0 Å². The summed E-state index contributed by atoms with van der Waals surface area (Å²) in [6.45, 7) is 1.46. The van der Waals surface area contributed by atoms with Gasteiger partial charge in [0.05, 0.1) is 18.4 Å². The van der Waals surface area contributed by atoms with Crippen LogP contribution in [0.15, 0.2) is 66.7 Å². The minimum absolute atomic E-state index is 0.0564. The van der Waals surface area contributed by atoms with Crippen molar-refractivity contribution in [3.8, 4) is 16.9 Å². The molecule has 0 spiro atoms. The molecular weight excluding hydrogens is 436 g/mol. The minimum atomic E-state index is -1.18. The van der Waals surface area contributed by atoms with E-state index in [9.17, 15) is 14.4 Å². The Kier molecular flexibility index (Phi) is 6.49. The smallest absolute Gasteiger partial charge is 0.411 e. The third kappa shape index (κ3) is 4.56. The summed E-state index contributed by atoms with van der Waals surface area (Å²) in [4.78, 5) is 36.4. The molecule has 0 aliphatic heterocycles. The van der Waals surface area contributed by atoms with Gasteiger partial charge in [-0.05, 0) is 47.4 Å². The molecule has 2 amide bonds. The zero-order chi connectivity index (χ0) is 24.2. The van der Waals surface area contributed by atoms with E-state index in [1.165, 1.54) is 26.2 Å². The minimum Gasteiger partial charge on any atom is -0.497 e. The monoisotopic (exact) mass is 460 g/mol. The normalized spacial score (nSPS) is 12.8. The first-order valence-corrected chi connectivity index (χ1v) is 10.7. The molecule has 1 atom stereocenters. The Morgan fingerprint density at radius 2 is 1.59 bits per heavy atom. The Balaban J connectivity index is 1.50. The molecular formula is C26H24N2O6. The summed E-state index contributed by atoms with van der Waals surface area (Å²) in [6, 6.07) is 19.4. The van der Waals surface area contributed by atoms with E-state index >= 15 is 0 Å². The van der Waals surface area contributed by atoms with Crippen LogP contribution in [0.3, 0.4) is 0 Å². The summed E-state index contributed by atoms with van der Waals surface area (Å²) >= 11 is 0. The number of amides is 2. The van der Waals surface area contributed by atoms with Crippen molar-refractivity contribution in [3.63, 3.8) is 0 Å². The van der Waals surface area contributed by atoms with Crippen LogP contribution in [-0.4, -0.2) is 42.8 Å². The van der Waals surface area contributed by atoms with E-state index in [0.29, 0.717) is 5.75 Å². The highest BCUT2D eigenvalue weighted by atomic mass is 16.5. The van der Waals surface area contributed by atoms with E-state index in [1.54, 1.807) is 6.07 Å². The molecule has 8 heteroatoms. The van der Waals surface area contributed by atoms with Crippen LogP contribution < -0.4 is 15.4 Å². The Morgan fingerprint density at radius 3 is 2.18 bits per heavy atom. The van der Waals surface area contributed by atoms with Crippen molar-refractivity contribution in [3.05, 3.63) is 83.4 Å². The van der Waals surface area contributed by atoms with Gasteiger partial charge in [-0.25, -0.2) is 4.79 Å². The van der Waals surface area contributed by atoms with E-state index in [2.05, 4.69) is 22.8 Å². The van der Waals surface area contributed by atoms with Crippen LogP contribution in [0.4, 0.5) is 10.5 Å². The van der Waals surface area contributed by atoms with Crippen LogP contribution in [0, 0.1) is 0 Å². The van der Waals surface area contributed by atoms with E-state index < -0.39 is 24.0 Å². The molecule has 0 saturated heterocycles. The molecule has 34 heavy (non-hydrogen) atoms. The van der Waals surface area contributed by atoms with Gasteiger partial charge in [-0.15, -0.1) is 0 Å². The van der Waals surface area contributed by atoms with Gasteiger partial charge in [0.15, 0.2) is 0 Å². The van der Waals surface area contributed by atoms with Crippen LogP contribution in [0.5, 0.6) is 5.75 Å². The molecule has 0 unspecified atom stereocenters. The van der Waals surface area contributed by atoms with Crippen LogP contribution >= 0.6 is 0 Å². The topological polar surface area (TPSA) is 114 Å². The fraction of sp³-hybridized carbons (Fsp3) is 0.192. The lowest BCUT2D eigenvalue weighted by molar-refractivity contribution is -0.138. The van der Waals surface area contributed by atoms with Crippen LogP contribution in [0.25, 0.3) is 11.1 Å². The predicted octanol–water partition coefficient (Wildman–Crippen LogP) is 4.26. The summed E-state index contributed by atoms with van der Waals surface area (Å²) in [7, 11) is 1.44. The summed E-state index contributed by atoms with van der Waals surface area (Å²) in [5, 5.41) is 14.0. The summed E-state index contributed by atoms with van der Waals surface area (Å²) < 4.78 is 10.7. The number of carboxylic acids is 1. The maximum atomic E-state index is 12.7. The number of benzene rings is 3. The molecule has 0 saturated carbocycles. The van der Waals surface area contributed by atoms with E-state index in [-0.39, 0.29) is 23.8 Å². The lowest BCUT2D eigenvalue weighted by atomic mass is 9.98. The Morgan fingerprint density at radius 1 is 0.971 bits per heavy atom. The SMILES string of the molecule is COc1ccc(NC(=O)OCC2c3ccccc3-c3ccccc32)c(C(=O)N[C@H](C)C(=O)O)c1. The quantitative estimate of drug-likeness (QED) is 0.486. The Hall–Kier alpha value is -4.33. The van der Waals surface area contributed by atoms with Crippen LogP contribution in [0.1, 0.15) is 34.3 Å². The molecule has 1 aliphatic rings. The second-order valence-electron chi connectivity index (χ2n) is 7.90. The number of aliphatic carboxylic acids is 1. The van der Waals surface area contributed by atoms with Gasteiger partial charge in [0, 0.05) is 5.92 Å². The number of rotatable bonds is 7. The maximum Gasteiger partial charge on any atom is 0.411 e. The predicted molar refractivity (Wildman–Crippen MR) is 126 cm³/mol. The average Bonchev–Trinajstić information content (AvgIpc) is 3.16. The van der Waals surface area contributed by atoms with Crippen molar-refractivity contribution < 1.29 is 29.0 Å². The fourth-order valence-electron chi connectivity index (χ4n) is 4.03. The third-order valence-corrected chi connectivity index (χ3v) is 5.77. The highest BCUT2D eigenvalue weighted by Crippen LogP contribution is 2.44. The van der Waals surface area contributed by atoms with E-state index in [4.69, 9.17) is 14.6 Å². The molecule has 174 valence electrons. The van der Waals surface area contributed by atoms with Gasteiger partial charge in [0.2, 0.25) is 0 Å². The lowest BCUT2D eigenvalue weighted by Gasteiger charge is -2.16. The van der Waals surface area contributed by atoms with Crippen molar-refractivity contribution in [2.75, 3.05) is 19.0 Å². The van der Waals surface area contributed by atoms with Gasteiger partial charge in [-0.3, -0.25) is 14.9 Å². The second-order valence-corrected chi connectivity index (χ2v) is 7.90. The zero-order valence-corrected chi connectivity index (χ0v) is 18.7. The molecule has 0 fully saturated rings. The fourth-order valence-corrected chi connectivity index (χ4v) is 4.03. The van der Waals surface area contributed by atoms with Gasteiger partial charge >= 0.3 is 12.1 Å². The Bertz CT molecular complexity index is 1210. The van der Waals surface area contributed by atoms with Crippen LogP contribution in [-0.2, 0) is 9.53 Å². The average molecular weight is 460 g/mol. The number of anilines is 1. The summed E-state index contributed by atoms with van der Waals surface area (Å²) in [6.07, 6.45) is -0.729. The molecule has 4 rings (SSSR count). The molecule has 0 radical (unpaired) electrons. The number of hydrogen-bond donors (Lipinski definition) is 3. The molecule has 8 nitrogen and oxygen atoms in total. The largest absolute Gasteiger partial charge is 0.497 e. The van der Waals surface area contributed by atoms with Crippen molar-refractivity contribution in [1.82, 2.24) is 5.32 Å². The van der Waals surface area contributed by atoms with E-state index in [0.717, 1.165) is 22.3 Å².